The first-order valence-corrected chi connectivity index (χ1v) is 10.7. The van der Waals surface area contributed by atoms with Crippen molar-refractivity contribution in [1.82, 2.24) is 0 Å². The van der Waals surface area contributed by atoms with E-state index in [1.54, 1.807) is 6.92 Å². The van der Waals surface area contributed by atoms with Gasteiger partial charge in [-0.2, -0.15) is 0 Å². The Morgan fingerprint density at radius 1 is 1.15 bits per heavy atom. The van der Waals surface area contributed by atoms with Gasteiger partial charge >= 0.3 is 5.97 Å². The first-order chi connectivity index (χ1) is 12.7. The maximum atomic E-state index is 12.3. The third kappa shape index (κ3) is 2.73. The lowest BCUT2D eigenvalue weighted by molar-refractivity contribution is -0.167. The number of aliphatic hydroxyl groups is 1. The minimum atomic E-state index is -0.423. The molecule has 0 radical (unpaired) electrons. The monoisotopic (exact) mass is 374 g/mol. The SMILES string of the molecule is CC(=O)OC1CC(O)CC2=CC[C@H]3[C@@H]4CC[C@H](C(C)=O)[C@@]4(C)CC[C@@H]3[C@]21C. The van der Waals surface area contributed by atoms with E-state index in [2.05, 4.69) is 19.9 Å². The van der Waals surface area contributed by atoms with Gasteiger partial charge in [0.15, 0.2) is 0 Å². The Balaban J connectivity index is 1.70. The van der Waals surface area contributed by atoms with E-state index < -0.39 is 6.10 Å². The zero-order valence-electron chi connectivity index (χ0n) is 17.2. The lowest BCUT2D eigenvalue weighted by Crippen LogP contribution is -2.56. The number of hydrogen-bond donors (Lipinski definition) is 1. The van der Waals surface area contributed by atoms with E-state index in [1.807, 2.05) is 0 Å². The molecule has 3 saturated carbocycles. The second kappa shape index (κ2) is 6.43. The Bertz CT molecular complexity index is 682. The van der Waals surface area contributed by atoms with E-state index >= 15 is 0 Å². The summed E-state index contributed by atoms with van der Waals surface area (Å²) in [4.78, 5) is 24.1. The quantitative estimate of drug-likeness (QED) is 0.585. The van der Waals surface area contributed by atoms with Gasteiger partial charge in [-0.15, -0.1) is 0 Å². The number of allylic oxidation sites excluding steroid dienone is 1. The standard InChI is InChI=1S/C23H34O4/c1-13(24)18-7-8-19-17-6-5-15-11-16(26)12-21(27-14(2)25)23(15,4)20(17)9-10-22(18,19)3/h5,16-21,26H,6-12H2,1-4H3/t16?,17-,18+,19-,20-,21?,22+,23-/m0/s1. The number of fused-ring (bicyclic) bond motifs is 5. The number of carbonyl (C=O) groups is 2. The zero-order chi connectivity index (χ0) is 19.6. The van der Waals surface area contributed by atoms with Crippen LogP contribution in [0.25, 0.3) is 0 Å². The molecule has 0 aromatic rings. The maximum Gasteiger partial charge on any atom is 0.302 e. The summed E-state index contributed by atoms with van der Waals surface area (Å²) in [5, 5.41) is 10.4. The van der Waals surface area contributed by atoms with E-state index in [9.17, 15) is 14.7 Å². The Morgan fingerprint density at radius 3 is 2.56 bits per heavy atom. The highest BCUT2D eigenvalue weighted by Gasteiger charge is 2.61. The predicted molar refractivity (Wildman–Crippen MR) is 103 cm³/mol. The minimum absolute atomic E-state index is 0.125. The van der Waals surface area contributed by atoms with Gasteiger partial charge < -0.3 is 9.84 Å². The fraction of sp³-hybridized carbons (Fsp3) is 0.826. The van der Waals surface area contributed by atoms with Crippen molar-refractivity contribution in [1.29, 1.82) is 0 Å². The molecule has 0 spiro atoms. The molecule has 2 unspecified atom stereocenters. The van der Waals surface area contributed by atoms with Gasteiger partial charge in [0.1, 0.15) is 11.9 Å². The van der Waals surface area contributed by atoms with E-state index in [0.29, 0.717) is 36.4 Å². The normalized spacial score (nSPS) is 48.7. The third-order valence-corrected chi connectivity index (χ3v) is 8.95. The fourth-order valence-electron chi connectivity index (χ4n) is 7.71. The molecule has 0 aliphatic heterocycles. The molecule has 0 aromatic heterocycles. The Hall–Kier alpha value is -1.16. The predicted octanol–water partition coefficient (Wildman–Crippen LogP) is 4.06. The lowest BCUT2D eigenvalue weighted by Gasteiger charge is -2.59. The highest BCUT2D eigenvalue weighted by molar-refractivity contribution is 5.79. The average molecular weight is 375 g/mol. The molecule has 4 rings (SSSR count). The van der Waals surface area contributed by atoms with Crippen molar-refractivity contribution < 1.29 is 19.4 Å². The number of Topliss-reactive ketones (excluding diaryl/α,β-unsaturated/α-hetero) is 1. The smallest absolute Gasteiger partial charge is 0.302 e. The average Bonchev–Trinajstić information content (AvgIpc) is 2.93. The van der Waals surface area contributed by atoms with Crippen molar-refractivity contribution >= 4 is 11.8 Å². The molecular weight excluding hydrogens is 340 g/mol. The van der Waals surface area contributed by atoms with Gasteiger partial charge in [-0.1, -0.05) is 25.5 Å². The van der Waals surface area contributed by atoms with Gasteiger partial charge in [0.05, 0.1) is 6.10 Å². The lowest BCUT2D eigenvalue weighted by atomic mass is 9.46. The van der Waals surface area contributed by atoms with Crippen molar-refractivity contribution in [2.24, 2.45) is 34.5 Å². The summed E-state index contributed by atoms with van der Waals surface area (Å²) >= 11 is 0. The van der Waals surface area contributed by atoms with E-state index in [0.717, 1.165) is 32.1 Å². The number of carbonyl (C=O) groups excluding carboxylic acids is 2. The van der Waals surface area contributed by atoms with Crippen LogP contribution < -0.4 is 0 Å². The van der Waals surface area contributed by atoms with E-state index in [4.69, 9.17) is 4.74 Å². The molecule has 150 valence electrons. The van der Waals surface area contributed by atoms with Crippen LogP contribution in [0.4, 0.5) is 0 Å². The van der Waals surface area contributed by atoms with Gasteiger partial charge in [-0.3, -0.25) is 9.59 Å². The number of aliphatic hydroxyl groups excluding tert-OH is 1. The van der Waals surface area contributed by atoms with Gasteiger partial charge in [0.25, 0.3) is 0 Å². The topological polar surface area (TPSA) is 63.6 Å². The zero-order valence-corrected chi connectivity index (χ0v) is 17.2. The molecule has 8 atom stereocenters. The molecule has 0 saturated heterocycles. The Kier molecular flexibility index (Phi) is 4.57. The first kappa shape index (κ1) is 19.2. The number of ketones is 1. The number of rotatable bonds is 2. The first-order valence-electron chi connectivity index (χ1n) is 10.7. The van der Waals surface area contributed by atoms with E-state index in [1.165, 1.54) is 12.5 Å². The minimum Gasteiger partial charge on any atom is -0.462 e. The molecule has 0 amide bonds. The van der Waals surface area contributed by atoms with Gasteiger partial charge in [-0.05, 0) is 68.6 Å². The van der Waals surface area contributed by atoms with Gasteiger partial charge in [0.2, 0.25) is 0 Å². The van der Waals surface area contributed by atoms with Crippen LogP contribution >= 0.6 is 0 Å². The van der Waals surface area contributed by atoms with Crippen LogP contribution in [0.15, 0.2) is 11.6 Å². The molecular formula is C23H34O4. The van der Waals surface area contributed by atoms with Crippen LogP contribution in [0.2, 0.25) is 0 Å². The summed E-state index contributed by atoms with van der Waals surface area (Å²) in [6.07, 6.45) is 8.29. The van der Waals surface area contributed by atoms with Gasteiger partial charge in [0, 0.05) is 24.7 Å². The largest absolute Gasteiger partial charge is 0.462 e. The summed E-state index contributed by atoms with van der Waals surface area (Å²) in [5.41, 5.74) is 1.24. The van der Waals surface area contributed by atoms with Crippen LogP contribution in [0.5, 0.6) is 0 Å². The Morgan fingerprint density at radius 2 is 1.89 bits per heavy atom. The summed E-state index contributed by atoms with van der Waals surface area (Å²) in [5.74, 6) is 1.90. The van der Waals surface area contributed by atoms with Crippen molar-refractivity contribution in [3.05, 3.63) is 11.6 Å². The second-order valence-electron chi connectivity index (χ2n) is 10.1. The highest BCUT2D eigenvalue weighted by Crippen LogP contribution is 2.66. The molecule has 4 heteroatoms. The van der Waals surface area contributed by atoms with Crippen molar-refractivity contribution in [2.75, 3.05) is 0 Å². The van der Waals surface area contributed by atoms with Gasteiger partial charge in [-0.25, -0.2) is 0 Å². The highest BCUT2D eigenvalue weighted by atomic mass is 16.5. The number of hydrogen-bond acceptors (Lipinski definition) is 4. The molecule has 27 heavy (non-hydrogen) atoms. The van der Waals surface area contributed by atoms with Crippen LogP contribution in [0, 0.1) is 34.5 Å². The molecule has 0 bridgehead atoms. The fourth-order valence-corrected chi connectivity index (χ4v) is 7.71. The number of esters is 1. The Labute approximate surface area is 162 Å². The van der Waals surface area contributed by atoms with Crippen LogP contribution in [0.1, 0.15) is 72.6 Å². The molecule has 3 fully saturated rings. The number of ether oxygens (including phenoxy) is 1. The summed E-state index contributed by atoms with van der Waals surface area (Å²) in [6.45, 7) is 7.86. The van der Waals surface area contributed by atoms with Crippen LogP contribution in [-0.2, 0) is 14.3 Å². The molecule has 4 aliphatic rings. The maximum absolute atomic E-state index is 12.3. The third-order valence-electron chi connectivity index (χ3n) is 8.95. The summed E-state index contributed by atoms with van der Waals surface area (Å²) < 4.78 is 5.79. The summed E-state index contributed by atoms with van der Waals surface area (Å²) in [6, 6.07) is 0. The second-order valence-corrected chi connectivity index (χ2v) is 10.1. The van der Waals surface area contributed by atoms with Crippen LogP contribution in [-0.4, -0.2) is 29.1 Å². The van der Waals surface area contributed by atoms with E-state index in [-0.39, 0.29) is 28.8 Å². The summed E-state index contributed by atoms with van der Waals surface area (Å²) in [7, 11) is 0. The van der Waals surface area contributed by atoms with Crippen molar-refractivity contribution in [3.63, 3.8) is 0 Å². The molecule has 4 aliphatic carbocycles. The molecule has 4 nitrogen and oxygen atoms in total. The molecule has 0 heterocycles. The molecule has 0 aromatic carbocycles. The van der Waals surface area contributed by atoms with Crippen LogP contribution in [0.3, 0.4) is 0 Å². The molecule has 1 N–H and O–H groups in total. The van der Waals surface area contributed by atoms with Crippen molar-refractivity contribution in [3.8, 4) is 0 Å². The van der Waals surface area contributed by atoms with Crippen molar-refractivity contribution in [2.45, 2.75) is 84.8 Å².